The van der Waals surface area contributed by atoms with E-state index >= 15 is 0 Å². The molecule has 1 aromatic carbocycles. The van der Waals surface area contributed by atoms with E-state index in [1.165, 1.54) is 23.9 Å². The number of hydrogen-bond acceptors (Lipinski definition) is 4. The first-order valence-corrected chi connectivity index (χ1v) is 6.27. The van der Waals surface area contributed by atoms with Crippen molar-refractivity contribution >= 4 is 23.6 Å². The molecule has 0 aliphatic carbocycles. The molecule has 2 N–H and O–H groups in total. The number of phenols is 1. The molecule has 1 saturated heterocycles. The van der Waals surface area contributed by atoms with Gasteiger partial charge < -0.3 is 15.1 Å². The van der Waals surface area contributed by atoms with Crippen molar-refractivity contribution in [2.45, 2.75) is 6.04 Å². The molecule has 0 aromatic heterocycles. The largest absolute Gasteiger partial charge is 0.507 e. The highest BCUT2D eigenvalue weighted by atomic mass is 32.2. The Labute approximate surface area is 106 Å². The van der Waals surface area contributed by atoms with Crippen LogP contribution in [0.1, 0.15) is 10.4 Å². The second-order valence-corrected chi connectivity index (χ2v) is 4.76. The number of halogens is 1. The second-order valence-electron chi connectivity index (χ2n) is 3.76. The molecule has 1 heterocycles. The molecule has 18 heavy (non-hydrogen) atoms. The number of amides is 1. The minimum atomic E-state index is -1.14. The third-order valence-corrected chi connectivity index (χ3v) is 3.65. The van der Waals surface area contributed by atoms with E-state index in [0.29, 0.717) is 0 Å². The lowest BCUT2D eigenvalue weighted by Crippen LogP contribution is -2.42. The zero-order valence-corrected chi connectivity index (χ0v) is 9.98. The Morgan fingerprint density at radius 2 is 2.17 bits per heavy atom. The van der Waals surface area contributed by atoms with Gasteiger partial charge >= 0.3 is 5.97 Å². The van der Waals surface area contributed by atoms with Crippen molar-refractivity contribution in [3.05, 3.63) is 29.6 Å². The molecule has 0 saturated carbocycles. The van der Waals surface area contributed by atoms with Crippen LogP contribution in [0.2, 0.25) is 0 Å². The van der Waals surface area contributed by atoms with Crippen molar-refractivity contribution in [2.75, 3.05) is 11.6 Å². The molecule has 1 amide bonds. The number of rotatable bonds is 2. The van der Waals surface area contributed by atoms with Gasteiger partial charge in [-0.25, -0.2) is 9.18 Å². The first kappa shape index (κ1) is 12.7. The summed E-state index contributed by atoms with van der Waals surface area (Å²) in [5, 5.41) is 18.5. The van der Waals surface area contributed by atoms with Gasteiger partial charge in [-0.2, -0.15) is 0 Å². The predicted octanol–water partition coefficient (Wildman–Crippen LogP) is 1.13. The Bertz CT molecular complexity index is 488. The maximum Gasteiger partial charge on any atom is 0.327 e. The highest BCUT2D eigenvalue weighted by Crippen LogP contribution is 2.27. The minimum Gasteiger partial charge on any atom is -0.507 e. The van der Waals surface area contributed by atoms with Gasteiger partial charge in [-0.15, -0.1) is 11.8 Å². The molecule has 0 spiro atoms. The number of nitrogens with zero attached hydrogens (tertiary/aromatic N) is 1. The van der Waals surface area contributed by atoms with E-state index in [0.717, 1.165) is 11.0 Å². The summed E-state index contributed by atoms with van der Waals surface area (Å²) in [6, 6.07) is 2.53. The highest BCUT2D eigenvalue weighted by molar-refractivity contribution is 7.99. The van der Waals surface area contributed by atoms with Crippen LogP contribution in [0.5, 0.6) is 5.75 Å². The molecule has 1 aliphatic heterocycles. The standard InChI is InChI=1S/C11H10FNO4S/c12-6-2-1-3-8(14)9(6)10(15)13-5-18-4-7(13)11(16)17/h1-3,7,14H,4-5H2,(H,16,17). The summed E-state index contributed by atoms with van der Waals surface area (Å²) in [7, 11) is 0. The fourth-order valence-electron chi connectivity index (χ4n) is 1.72. The molecule has 1 unspecified atom stereocenters. The van der Waals surface area contributed by atoms with Gasteiger partial charge in [0.1, 0.15) is 23.2 Å². The number of carbonyl (C=O) groups excluding carboxylic acids is 1. The lowest BCUT2D eigenvalue weighted by Gasteiger charge is -2.21. The summed E-state index contributed by atoms with van der Waals surface area (Å²) in [6.07, 6.45) is 0. The van der Waals surface area contributed by atoms with Crippen LogP contribution in [-0.2, 0) is 4.79 Å². The zero-order valence-electron chi connectivity index (χ0n) is 9.17. The van der Waals surface area contributed by atoms with E-state index in [4.69, 9.17) is 5.11 Å². The van der Waals surface area contributed by atoms with Crippen molar-refractivity contribution in [1.82, 2.24) is 4.90 Å². The van der Waals surface area contributed by atoms with Gasteiger partial charge in [-0.05, 0) is 12.1 Å². The summed E-state index contributed by atoms with van der Waals surface area (Å²) in [5.74, 6) is -2.85. The number of aliphatic carboxylic acids is 1. The van der Waals surface area contributed by atoms with Gasteiger partial charge in [0.2, 0.25) is 0 Å². The van der Waals surface area contributed by atoms with Crippen LogP contribution in [0.4, 0.5) is 4.39 Å². The van der Waals surface area contributed by atoms with Gasteiger partial charge in [0.05, 0.1) is 5.88 Å². The molecule has 5 nitrogen and oxygen atoms in total. The van der Waals surface area contributed by atoms with Gasteiger partial charge in [-0.3, -0.25) is 4.79 Å². The second kappa shape index (κ2) is 4.85. The number of phenolic OH excluding ortho intramolecular Hbond substituents is 1. The fourth-order valence-corrected chi connectivity index (χ4v) is 2.86. The Hall–Kier alpha value is -1.76. The van der Waals surface area contributed by atoms with Crippen molar-refractivity contribution in [3.8, 4) is 5.75 Å². The van der Waals surface area contributed by atoms with Crippen LogP contribution < -0.4 is 0 Å². The number of aromatic hydroxyl groups is 1. The highest BCUT2D eigenvalue weighted by Gasteiger charge is 2.36. The average Bonchev–Trinajstić information content (AvgIpc) is 2.77. The van der Waals surface area contributed by atoms with E-state index in [9.17, 15) is 19.1 Å². The van der Waals surface area contributed by atoms with Crippen LogP contribution in [0, 0.1) is 5.82 Å². The van der Waals surface area contributed by atoms with Crippen molar-refractivity contribution in [3.63, 3.8) is 0 Å². The molecule has 1 aromatic rings. The molecular formula is C11H10FNO4S. The van der Waals surface area contributed by atoms with E-state index in [1.54, 1.807) is 0 Å². The minimum absolute atomic E-state index is 0.170. The lowest BCUT2D eigenvalue weighted by atomic mass is 10.1. The van der Waals surface area contributed by atoms with Crippen LogP contribution in [-0.4, -0.2) is 44.7 Å². The topological polar surface area (TPSA) is 77.8 Å². The molecule has 0 bridgehead atoms. The monoisotopic (exact) mass is 271 g/mol. The smallest absolute Gasteiger partial charge is 0.327 e. The van der Waals surface area contributed by atoms with E-state index in [2.05, 4.69) is 0 Å². The molecule has 96 valence electrons. The maximum absolute atomic E-state index is 13.5. The number of carboxylic acids is 1. The van der Waals surface area contributed by atoms with E-state index in [-0.39, 0.29) is 11.6 Å². The number of carboxylic acid groups (broad SMARTS) is 1. The molecule has 2 rings (SSSR count). The van der Waals surface area contributed by atoms with E-state index in [1.807, 2.05) is 0 Å². The zero-order chi connectivity index (χ0) is 13.3. The quantitative estimate of drug-likeness (QED) is 0.843. The number of thioether (sulfide) groups is 1. The first-order valence-electron chi connectivity index (χ1n) is 5.11. The molecule has 1 atom stereocenters. The third kappa shape index (κ3) is 2.13. The predicted molar refractivity (Wildman–Crippen MR) is 63.0 cm³/mol. The van der Waals surface area contributed by atoms with Crippen molar-refractivity contribution in [1.29, 1.82) is 0 Å². The normalized spacial score (nSPS) is 18.9. The first-order chi connectivity index (χ1) is 8.52. The van der Waals surface area contributed by atoms with Crippen molar-refractivity contribution < 1.29 is 24.2 Å². The van der Waals surface area contributed by atoms with Crippen LogP contribution in [0.3, 0.4) is 0 Å². The number of hydrogen-bond donors (Lipinski definition) is 2. The van der Waals surface area contributed by atoms with Crippen molar-refractivity contribution in [2.24, 2.45) is 0 Å². The number of carbonyl (C=O) groups is 2. The molecule has 1 aliphatic rings. The Morgan fingerprint density at radius 3 is 2.78 bits per heavy atom. The average molecular weight is 271 g/mol. The summed E-state index contributed by atoms with van der Waals surface area (Å²) < 4.78 is 13.5. The van der Waals surface area contributed by atoms with Crippen LogP contribution >= 0.6 is 11.8 Å². The Balaban J connectivity index is 2.34. The number of benzene rings is 1. The summed E-state index contributed by atoms with van der Waals surface area (Å²) >= 11 is 1.27. The molecule has 0 radical (unpaired) electrons. The van der Waals surface area contributed by atoms with Crippen LogP contribution in [0.25, 0.3) is 0 Å². The van der Waals surface area contributed by atoms with Gasteiger partial charge in [0.15, 0.2) is 0 Å². The van der Waals surface area contributed by atoms with Gasteiger partial charge in [0, 0.05) is 5.75 Å². The molecular weight excluding hydrogens is 261 g/mol. The van der Waals surface area contributed by atoms with E-state index < -0.39 is 35.0 Å². The van der Waals surface area contributed by atoms with Crippen LogP contribution in [0.15, 0.2) is 18.2 Å². The summed E-state index contributed by atoms with van der Waals surface area (Å²) in [6.45, 7) is 0. The lowest BCUT2D eigenvalue weighted by molar-refractivity contribution is -0.140. The molecule has 7 heteroatoms. The maximum atomic E-state index is 13.5. The van der Waals surface area contributed by atoms with Gasteiger partial charge in [0.25, 0.3) is 5.91 Å². The van der Waals surface area contributed by atoms with Gasteiger partial charge in [-0.1, -0.05) is 6.07 Å². The summed E-state index contributed by atoms with van der Waals surface area (Å²) in [4.78, 5) is 24.1. The SMILES string of the molecule is O=C(O)C1CSCN1C(=O)c1c(O)cccc1F. The fraction of sp³-hybridized carbons (Fsp3) is 0.273. The summed E-state index contributed by atoms with van der Waals surface area (Å²) in [5.41, 5.74) is -0.480. The Kier molecular flexibility index (Phi) is 3.42. The molecule has 1 fully saturated rings. The third-order valence-electron chi connectivity index (χ3n) is 2.63. The Morgan fingerprint density at radius 1 is 1.44 bits per heavy atom.